The highest BCUT2D eigenvalue weighted by Gasteiger charge is 2.15. The first-order valence-corrected chi connectivity index (χ1v) is 6.81. The molecule has 104 valence electrons. The summed E-state index contributed by atoms with van der Waals surface area (Å²) < 4.78 is 11.0. The van der Waals surface area contributed by atoms with E-state index in [1.165, 1.54) is 18.7 Å². The SMILES string of the molecule is COC(=O)C=CCOc1ccc(C(C)(C)C)cc1Br. The lowest BCUT2D eigenvalue weighted by atomic mass is 9.87. The van der Waals surface area contributed by atoms with Crippen LogP contribution < -0.4 is 4.74 Å². The first-order valence-electron chi connectivity index (χ1n) is 6.02. The number of rotatable bonds is 4. The summed E-state index contributed by atoms with van der Waals surface area (Å²) in [5, 5.41) is 0. The van der Waals surface area contributed by atoms with Gasteiger partial charge in [-0.3, -0.25) is 0 Å². The molecule has 0 heterocycles. The third-order valence-electron chi connectivity index (χ3n) is 2.59. The average Bonchev–Trinajstić information content (AvgIpc) is 2.34. The van der Waals surface area contributed by atoms with E-state index in [-0.39, 0.29) is 11.4 Å². The van der Waals surface area contributed by atoms with Gasteiger partial charge in [0.05, 0.1) is 11.6 Å². The highest BCUT2D eigenvalue weighted by molar-refractivity contribution is 9.10. The second kappa shape index (κ2) is 6.75. The Balaban J connectivity index is 2.66. The van der Waals surface area contributed by atoms with Crippen LogP contribution in [-0.4, -0.2) is 19.7 Å². The number of ether oxygens (including phenoxy) is 2. The zero-order chi connectivity index (χ0) is 14.5. The molecule has 0 saturated heterocycles. The fourth-order valence-electron chi connectivity index (χ4n) is 1.43. The third-order valence-corrected chi connectivity index (χ3v) is 3.21. The van der Waals surface area contributed by atoms with Gasteiger partial charge < -0.3 is 9.47 Å². The van der Waals surface area contributed by atoms with Crippen LogP contribution in [0.3, 0.4) is 0 Å². The van der Waals surface area contributed by atoms with Crippen molar-refractivity contribution in [3.05, 3.63) is 40.4 Å². The van der Waals surface area contributed by atoms with Crippen LogP contribution in [0.1, 0.15) is 26.3 Å². The molecule has 1 aromatic rings. The molecular formula is C15H19BrO3. The maximum atomic E-state index is 10.9. The molecule has 1 rings (SSSR count). The van der Waals surface area contributed by atoms with Gasteiger partial charge in [-0.15, -0.1) is 0 Å². The van der Waals surface area contributed by atoms with Crippen LogP contribution in [0.25, 0.3) is 0 Å². The van der Waals surface area contributed by atoms with E-state index in [2.05, 4.69) is 47.5 Å². The summed E-state index contributed by atoms with van der Waals surface area (Å²) in [6.45, 7) is 6.81. The molecule has 0 N–H and O–H groups in total. The maximum Gasteiger partial charge on any atom is 0.330 e. The van der Waals surface area contributed by atoms with E-state index in [9.17, 15) is 4.79 Å². The van der Waals surface area contributed by atoms with E-state index in [4.69, 9.17) is 4.74 Å². The summed E-state index contributed by atoms with van der Waals surface area (Å²) in [7, 11) is 1.34. The minimum absolute atomic E-state index is 0.103. The van der Waals surface area contributed by atoms with Crippen molar-refractivity contribution in [2.75, 3.05) is 13.7 Å². The molecule has 0 saturated carbocycles. The Morgan fingerprint density at radius 2 is 2.05 bits per heavy atom. The minimum Gasteiger partial charge on any atom is -0.488 e. The van der Waals surface area contributed by atoms with Gasteiger partial charge in [-0.05, 0) is 45.1 Å². The second-order valence-electron chi connectivity index (χ2n) is 5.13. The smallest absolute Gasteiger partial charge is 0.330 e. The van der Waals surface area contributed by atoms with Crippen molar-refractivity contribution in [2.45, 2.75) is 26.2 Å². The van der Waals surface area contributed by atoms with Crippen molar-refractivity contribution in [2.24, 2.45) is 0 Å². The van der Waals surface area contributed by atoms with Gasteiger partial charge >= 0.3 is 5.97 Å². The molecule has 3 nitrogen and oxygen atoms in total. The van der Waals surface area contributed by atoms with E-state index in [1.807, 2.05) is 12.1 Å². The Hall–Kier alpha value is -1.29. The largest absolute Gasteiger partial charge is 0.488 e. The lowest BCUT2D eigenvalue weighted by molar-refractivity contribution is -0.134. The Morgan fingerprint density at radius 3 is 2.58 bits per heavy atom. The van der Waals surface area contributed by atoms with Crippen LogP contribution in [0.2, 0.25) is 0 Å². The molecule has 0 aromatic heterocycles. The van der Waals surface area contributed by atoms with Crippen molar-refractivity contribution < 1.29 is 14.3 Å². The highest BCUT2D eigenvalue weighted by Crippen LogP contribution is 2.31. The minimum atomic E-state index is -0.384. The number of benzene rings is 1. The Bertz CT molecular complexity index is 473. The number of hydrogen-bond donors (Lipinski definition) is 0. The van der Waals surface area contributed by atoms with E-state index in [1.54, 1.807) is 6.08 Å². The van der Waals surface area contributed by atoms with Crippen molar-refractivity contribution in [3.63, 3.8) is 0 Å². The molecule has 0 unspecified atom stereocenters. The number of hydrogen-bond acceptors (Lipinski definition) is 3. The average molecular weight is 327 g/mol. The van der Waals surface area contributed by atoms with Gasteiger partial charge in [0.25, 0.3) is 0 Å². The Kier molecular flexibility index (Phi) is 5.60. The molecule has 0 atom stereocenters. The zero-order valence-electron chi connectivity index (χ0n) is 11.7. The van der Waals surface area contributed by atoms with Gasteiger partial charge in [0, 0.05) is 6.08 Å². The Morgan fingerprint density at radius 1 is 1.37 bits per heavy atom. The molecule has 0 aliphatic rings. The topological polar surface area (TPSA) is 35.5 Å². The summed E-state index contributed by atoms with van der Waals surface area (Å²) in [6, 6.07) is 6.03. The summed E-state index contributed by atoms with van der Waals surface area (Å²) in [4.78, 5) is 10.9. The van der Waals surface area contributed by atoms with E-state index in [0.29, 0.717) is 6.61 Å². The van der Waals surface area contributed by atoms with E-state index >= 15 is 0 Å². The summed E-state index contributed by atoms with van der Waals surface area (Å²) in [5.41, 5.74) is 1.34. The number of esters is 1. The maximum absolute atomic E-state index is 10.9. The predicted molar refractivity (Wildman–Crippen MR) is 79.5 cm³/mol. The van der Waals surface area contributed by atoms with Gasteiger partial charge in [0.1, 0.15) is 12.4 Å². The van der Waals surface area contributed by atoms with E-state index < -0.39 is 0 Å². The molecule has 4 heteroatoms. The molecule has 0 bridgehead atoms. The molecule has 19 heavy (non-hydrogen) atoms. The number of carbonyl (C=O) groups is 1. The Labute approximate surface area is 122 Å². The monoisotopic (exact) mass is 326 g/mol. The highest BCUT2D eigenvalue weighted by atomic mass is 79.9. The summed E-state index contributed by atoms with van der Waals surface area (Å²) >= 11 is 3.49. The third kappa shape index (κ3) is 5.07. The fourth-order valence-corrected chi connectivity index (χ4v) is 1.93. The van der Waals surface area contributed by atoms with Crippen LogP contribution in [0.4, 0.5) is 0 Å². The van der Waals surface area contributed by atoms with Gasteiger partial charge in [-0.1, -0.05) is 26.8 Å². The molecule has 0 radical (unpaired) electrons. The number of halogens is 1. The van der Waals surface area contributed by atoms with Crippen molar-refractivity contribution in [1.82, 2.24) is 0 Å². The van der Waals surface area contributed by atoms with Crippen molar-refractivity contribution >= 4 is 21.9 Å². The molecule has 0 aliphatic heterocycles. The number of carbonyl (C=O) groups excluding carboxylic acids is 1. The van der Waals surface area contributed by atoms with E-state index in [0.717, 1.165) is 10.2 Å². The standard InChI is InChI=1S/C15H19BrO3/c1-15(2,3)11-7-8-13(12(16)10-11)19-9-5-6-14(17)18-4/h5-8,10H,9H2,1-4H3. The number of methoxy groups -OCH3 is 1. The normalized spacial score (nSPS) is 11.6. The van der Waals surface area contributed by atoms with Gasteiger partial charge in [-0.2, -0.15) is 0 Å². The molecule has 0 aliphatic carbocycles. The fraction of sp³-hybridized carbons (Fsp3) is 0.400. The van der Waals surface area contributed by atoms with Crippen LogP contribution >= 0.6 is 15.9 Å². The molecule has 0 spiro atoms. The molecular weight excluding hydrogens is 308 g/mol. The molecule has 0 fully saturated rings. The summed E-state index contributed by atoms with van der Waals surface area (Å²) in [5.74, 6) is 0.369. The van der Waals surface area contributed by atoms with Crippen molar-refractivity contribution in [3.8, 4) is 5.75 Å². The van der Waals surface area contributed by atoms with Crippen LogP contribution in [0.15, 0.2) is 34.8 Å². The first kappa shape index (κ1) is 15.8. The zero-order valence-corrected chi connectivity index (χ0v) is 13.3. The molecule has 1 aromatic carbocycles. The lowest BCUT2D eigenvalue weighted by Crippen LogP contribution is -2.11. The van der Waals surface area contributed by atoms with Gasteiger partial charge in [-0.25, -0.2) is 4.79 Å². The predicted octanol–water partition coefficient (Wildman–Crippen LogP) is 3.85. The summed E-state index contributed by atoms with van der Waals surface area (Å²) in [6.07, 6.45) is 2.97. The van der Waals surface area contributed by atoms with Gasteiger partial charge in [0.15, 0.2) is 0 Å². The van der Waals surface area contributed by atoms with Crippen LogP contribution in [-0.2, 0) is 14.9 Å². The molecule has 0 amide bonds. The second-order valence-corrected chi connectivity index (χ2v) is 5.99. The lowest BCUT2D eigenvalue weighted by Gasteiger charge is -2.20. The first-order chi connectivity index (χ1) is 8.84. The van der Waals surface area contributed by atoms with Crippen LogP contribution in [0.5, 0.6) is 5.75 Å². The van der Waals surface area contributed by atoms with Crippen molar-refractivity contribution in [1.29, 1.82) is 0 Å². The van der Waals surface area contributed by atoms with Gasteiger partial charge in [0.2, 0.25) is 0 Å². The van der Waals surface area contributed by atoms with Crippen LogP contribution in [0, 0.1) is 0 Å². The quantitative estimate of drug-likeness (QED) is 0.622.